The molecule has 0 bridgehead atoms. The van der Waals surface area contributed by atoms with Crippen LogP contribution in [-0.2, 0) is 5.41 Å². The molecule has 0 saturated heterocycles. The van der Waals surface area contributed by atoms with Gasteiger partial charge < -0.3 is 5.32 Å². The van der Waals surface area contributed by atoms with Crippen LogP contribution in [0, 0.1) is 12.3 Å². The number of nitrogens with one attached hydrogen (secondary N) is 1. The van der Waals surface area contributed by atoms with Crippen LogP contribution in [0.25, 0.3) is 0 Å². The third-order valence-corrected chi connectivity index (χ3v) is 3.01. The summed E-state index contributed by atoms with van der Waals surface area (Å²) in [4.78, 5) is 12.4. The van der Waals surface area contributed by atoms with E-state index in [9.17, 15) is 4.79 Å². The summed E-state index contributed by atoms with van der Waals surface area (Å²) in [6.45, 7) is 15.5. The Hall–Kier alpha value is -1.31. The fraction of sp³-hybridized carbons (Fsp3) is 0.588. The smallest absolute Gasteiger partial charge is 0.251 e. The number of amides is 1. The van der Waals surface area contributed by atoms with Crippen LogP contribution in [0.2, 0.25) is 0 Å². The number of rotatable bonds is 2. The molecule has 2 nitrogen and oxygen atoms in total. The standard InChI is InChI=1S/C17H27NO/c1-12-8-9-13(14(10-12)17(5,6)7)15(19)18-11-16(2,3)4/h8-10H,11H2,1-7H3,(H,18,19). The minimum absolute atomic E-state index is 0.0274. The molecule has 1 amide bonds. The highest BCUT2D eigenvalue weighted by molar-refractivity contribution is 5.96. The normalized spacial score (nSPS) is 12.4. The van der Waals surface area contributed by atoms with E-state index < -0.39 is 0 Å². The van der Waals surface area contributed by atoms with Gasteiger partial charge in [0, 0.05) is 12.1 Å². The van der Waals surface area contributed by atoms with Crippen molar-refractivity contribution in [3.63, 3.8) is 0 Å². The summed E-state index contributed by atoms with van der Waals surface area (Å²) < 4.78 is 0. The van der Waals surface area contributed by atoms with Gasteiger partial charge in [0.2, 0.25) is 0 Å². The highest BCUT2D eigenvalue weighted by Crippen LogP contribution is 2.27. The van der Waals surface area contributed by atoms with Gasteiger partial charge in [-0.2, -0.15) is 0 Å². The Morgan fingerprint density at radius 3 is 2.16 bits per heavy atom. The lowest BCUT2D eigenvalue weighted by atomic mass is 9.82. The van der Waals surface area contributed by atoms with Crippen LogP contribution in [0.1, 0.15) is 63.0 Å². The lowest BCUT2D eigenvalue weighted by Crippen LogP contribution is -2.33. The van der Waals surface area contributed by atoms with Gasteiger partial charge in [0.15, 0.2) is 0 Å². The van der Waals surface area contributed by atoms with Crippen molar-refractivity contribution in [2.45, 2.75) is 53.9 Å². The topological polar surface area (TPSA) is 29.1 Å². The molecule has 0 fully saturated rings. The molecular formula is C17H27NO. The lowest BCUT2D eigenvalue weighted by molar-refractivity contribution is 0.0937. The number of benzene rings is 1. The first-order valence-electron chi connectivity index (χ1n) is 6.90. The summed E-state index contributed by atoms with van der Waals surface area (Å²) in [7, 11) is 0. The van der Waals surface area contributed by atoms with Gasteiger partial charge in [-0.15, -0.1) is 0 Å². The van der Waals surface area contributed by atoms with Crippen LogP contribution in [0.5, 0.6) is 0 Å². The van der Waals surface area contributed by atoms with E-state index >= 15 is 0 Å². The Morgan fingerprint density at radius 1 is 1.11 bits per heavy atom. The molecule has 1 aromatic carbocycles. The second kappa shape index (κ2) is 5.36. The predicted molar refractivity (Wildman–Crippen MR) is 81.7 cm³/mol. The van der Waals surface area contributed by atoms with Crippen LogP contribution in [0.3, 0.4) is 0 Å². The molecule has 0 unspecified atom stereocenters. The van der Waals surface area contributed by atoms with Crippen LogP contribution in [0.4, 0.5) is 0 Å². The zero-order chi connectivity index (χ0) is 14.8. The zero-order valence-electron chi connectivity index (χ0n) is 13.3. The highest BCUT2D eigenvalue weighted by atomic mass is 16.1. The van der Waals surface area contributed by atoms with Crippen molar-refractivity contribution in [3.05, 3.63) is 34.9 Å². The van der Waals surface area contributed by atoms with Crippen molar-refractivity contribution < 1.29 is 4.79 Å². The maximum absolute atomic E-state index is 12.4. The van der Waals surface area contributed by atoms with Crippen LogP contribution < -0.4 is 5.32 Å². The number of carbonyl (C=O) groups excluding carboxylic acids is 1. The zero-order valence-corrected chi connectivity index (χ0v) is 13.3. The van der Waals surface area contributed by atoms with Crippen LogP contribution >= 0.6 is 0 Å². The van der Waals surface area contributed by atoms with E-state index in [-0.39, 0.29) is 16.7 Å². The first kappa shape index (κ1) is 15.7. The summed E-state index contributed by atoms with van der Waals surface area (Å²) in [5.74, 6) is 0.0276. The van der Waals surface area contributed by atoms with Crippen molar-refractivity contribution >= 4 is 5.91 Å². The van der Waals surface area contributed by atoms with Crippen LogP contribution in [-0.4, -0.2) is 12.5 Å². The fourth-order valence-electron chi connectivity index (χ4n) is 1.92. The van der Waals surface area contributed by atoms with E-state index in [1.807, 2.05) is 12.1 Å². The van der Waals surface area contributed by atoms with Crippen molar-refractivity contribution in [1.29, 1.82) is 0 Å². The van der Waals surface area contributed by atoms with Gasteiger partial charge in [-0.05, 0) is 29.4 Å². The Kier molecular flexibility index (Phi) is 4.44. The van der Waals surface area contributed by atoms with E-state index in [2.05, 4.69) is 59.8 Å². The summed E-state index contributed by atoms with van der Waals surface area (Å²) in [5, 5.41) is 3.03. The second-order valence-corrected chi connectivity index (χ2v) is 7.54. The van der Waals surface area contributed by atoms with E-state index in [0.29, 0.717) is 6.54 Å². The fourth-order valence-corrected chi connectivity index (χ4v) is 1.92. The van der Waals surface area contributed by atoms with Gasteiger partial charge in [0.1, 0.15) is 0 Å². The number of aryl methyl sites for hydroxylation is 1. The van der Waals surface area contributed by atoms with Gasteiger partial charge in [-0.3, -0.25) is 4.79 Å². The molecule has 2 heteroatoms. The summed E-state index contributed by atoms with van der Waals surface area (Å²) in [5.41, 5.74) is 3.17. The molecule has 106 valence electrons. The van der Waals surface area contributed by atoms with Crippen molar-refractivity contribution in [2.75, 3.05) is 6.54 Å². The molecular weight excluding hydrogens is 234 g/mol. The summed E-state index contributed by atoms with van der Waals surface area (Å²) in [6, 6.07) is 6.06. The Balaban J connectivity index is 3.03. The average molecular weight is 261 g/mol. The van der Waals surface area contributed by atoms with Crippen molar-refractivity contribution in [1.82, 2.24) is 5.32 Å². The highest BCUT2D eigenvalue weighted by Gasteiger charge is 2.22. The molecule has 0 radical (unpaired) electrons. The minimum Gasteiger partial charge on any atom is -0.352 e. The van der Waals surface area contributed by atoms with Crippen molar-refractivity contribution in [2.24, 2.45) is 5.41 Å². The van der Waals surface area contributed by atoms with Gasteiger partial charge in [0.25, 0.3) is 5.91 Å². The Bertz CT molecular complexity index is 461. The maximum Gasteiger partial charge on any atom is 0.251 e. The monoisotopic (exact) mass is 261 g/mol. The Morgan fingerprint density at radius 2 is 1.68 bits per heavy atom. The number of hydrogen-bond donors (Lipinski definition) is 1. The molecule has 0 aromatic heterocycles. The minimum atomic E-state index is -0.0274. The molecule has 0 aliphatic heterocycles. The molecule has 1 aromatic rings. The van der Waals surface area contributed by atoms with Crippen LogP contribution in [0.15, 0.2) is 18.2 Å². The van der Waals surface area contributed by atoms with Gasteiger partial charge in [-0.25, -0.2) is 0 Å². The molecule has 1 N–H and O–H groups in total. The molecule has 19 heavy (non-hydrogen) atoms. The average Bonchev–Trinajstić information content (AvgIpc) is 2.23. The molecule has 0 saturated carbocycles. The molecule has 1 rings (SSSR count). The molecule has 0 heterocycles. The maximum atomic E-state index is 12.4. The van der Waals surface area contributed by atoms with Gasteiger partial charge in [-0.1, -0.05) is 59.2 Å². The van der Waals surface area contributed by atoms with E-state index in [4.69, 9.17) is 0 Å². The number of carbonyl (C=O) groups is 1. The Labute approximate surface area is 117 Å². The predicted octanol–water partition coefficient (Wildman–Crippen LogP) is 4.07. The quantitative estimate of drug-likeness (QED) is 0.854. The molecule has 0 aliphatic carbocycles. The lowest BCUT2D eigenvalue weighted by Gasteiger charge is -2.24. The first-order chi connectivity index (χ1) is 8.50. The SMILES string of the molecule is Cc1ccc(C(=O)NCC(C)(C)C)c(C(C)(C)C)c1. The first-order valence-corrected chi connectivity index (χ1v) is 6.90. The van der Waals surface area contributed by atoms with E-state index in [0.717, 1.165) is 11.1 Å². The third-order valence-electron chi connectivity index (χ3n) is 3.01. The molecule has 0 spiro atoms. The second-order valence-electron chi connectivity index (χ2n) is 7.54. The molecule has 0 aliphatic rings. The number of hydrogen-bond acceptors (Lipinski definition) is 1. The largest absolute Gasteiger partial charge is 0.352 e. The third kappa shape index (κ3) is 4.70. The summed E-state index contributed by atoms with van der Waals surface area (Å²) in [6.07, 6.45) is 0. The van der Waals surface area contributed by atoms with Crippen molar-refractivity contribution in [3.8, 4) is 0 Å². The van der Waals surface area contributed by atoms with E-state index in [1.54, 1.807) is 0 Å². The van der Waals surface area contributed by atoms with E-state index in [1.165, 1.54) is 5.56 Å². The van der Waals surface area contributed by atoms with Gasteiger partial charge in [0.05, 0.1) is 0 Å². The summed E-state index contributed by atoms with van der Waals surface area (Å²) >= 11 is 0. The molecule has 0 atom stereocenters. The van der Waals surface area contributed by atoms with Gasteiger partial charge >= 0.3 is 0 Å².